The van der Waals surface area contributed by atoms with Gasteiger partial charge in [0.2, 0.25) is 5.95 Å². The third-order valence-electron chi connectivity index (χ3n) is 6.38. The van der Waals surface area contributed by atoms with Crippen LogP contribution in [0.2, 0.25) is 0 Å². The number of anilines is 3. The van der Waals surface area contributed by atoms with Crippen molar-refractivity contribution in [1.29, 1.82) is 0 Å². The number of methoxy groups -OCH3 is 1. The van der Waals surface area contributed by atoms with Gasteiger partial charge >= 0.3 is 0 Å². The van der Waals surface area contributed by atoms with Crippen molar-refractivity contribution in [3.63, 3.8) is 0 Å². The van der Waals surface area contributed by atoms with Gasteiger partial charge in [0.15, 0.2) is 5.65 Å². The summed E-state index contributed by atoms with van der Waals surface area (Å²) in [5.41, 5.74) is 3.40. The van der Waals surface area contributed by atoms with Crippen LogP contribution in [0.4, 0.5) is 17.3 Å². The van der Waals surface area contributed by atoms with Crippen LogP contribution in [0.1, 0.15) is 43.7 Å². The lowest BCUT2D eigenvalue weighted by Gasteiger charge is -2.30. The maximum absolute atomic E-state index is 12.7. The number of hydrogen-bond donors (Lipinski definition) is 3. The van der Waals surface area contributed by atoms with Gasteiger partial charge in [-0.25, -0.2) is 9.97 Å². The molecule has 9 nitrogen and oxygen atoms in total. The topological polar surface area (TPSA) is 108 Å². The number of aromatic amines is 1. The molecule has 32 heavy (non-hydrogen) atoms. The Bertz CT molecular complexity index is 1150. The van der Waals surface area contributed by atoms with Crippen molar-refractivity contribution in [3.8, 4) is 5.75 Å². The largest absolute Gasteiger partial charge is 0.494 e. The number of fused-ring (bicyclic) bond motifs is 1. The minimum Gasteiger partial charge on any atom is -0.494 e. The van der Waals surface area contributed by atoms with Crippen molar-refractivity contribution in [2.75, 3.05) is 43.5 Å². The second kappa shape index (κ2) is 9.12. The van der Waals surface area contributed by atoms with E-state index in [9.17, 15) is 4.79 Å². The number of benzene rings is 1. The average molecular weight is 436 g/mol. The first-order chi connectivity index (χ1) is 15.7. The number of H-pyrrole nitrogens is 1. The number of ether oxygens (including phenoxy) is 1. The first kappa shape index (κ1) is 20.7. The van der Waals surface area contributed by atoms with Crippen LogP contribution in [-0.4, -0.2) is 53.2 Å². The summed E-state index contributed by atoms with van der Waals surface area (Å²) in [4.78, 5) is 31.4. The third kappa shape index (κ3) is 4.25. The van der Waals surface area contributed by atoms with Gasteiger partial charge < -0.3 is 25.3 Å². The van der Waals surface area contributed by atoms with Crippen molar-refractivity contribution < 1.29 is 4.74 Å². The minimum absolute atomic E-state index is 0.146. The molecule has 1 aromatic carbocycles. The number of aromatic nitrogens is 4. The Balaban J connectivity index is 1.39. The summed E-state index contributed by atoms with van der Waals surface area (Å²) in [5.74, 6) is 1.32. The fourth-order valence-corrected chi connectivity index (χ4v) is 4.64. The van der Waals surface area contributed by atoms with Crippen molar-refractivity contribution in [1.82, 2.24) is 25.3 Å². The molecule has 1 aliphatic heterocycles. The van der Waals surface area contributed by atoms with Gasteiger partial charge in [0.05, 0.1) is 19.0 Å². The van der Waals surface area contributed by atoms with Gasteiger partial charge in [-0.15, -0.1) is 0 Å². The predicted molar refractivity (Wildman–Crippen MR) is 125 cm³/mol. The summed E-state index contributed by atoms with van der Waals surface area (Å²) < 4.78 is 5.61. The van der Waals surface area contributed by atoms with E-state index in [-0.39, 0.29) is 11.5 Å². The van der Waals surface area contributed by atoms with Crippen LogP contribution in [0, 0.1) is 0 Å². The molecule has 1 aliphatic carbocycles. The first-order valence-electron chi connectivity index (χ1n) is 11.4. The van der Waals surface area contributed by atoms with Gasteiger partial charge in [0, 0.05) is 43.9 Å². The molecule has 3 N–H and O–H groups in total. The van der Waals surface area contributed by atoms with Gasteiger partial charge in [-0.1, -0.05) is 19.3 Å². The molecule has 3 aromatic rings. The molecule has 0 atom stereocenters. The number of nitrogens with zero attached hydrogens (tertiary/aromatic N) is 4. The lowest BCUT2D eigenvalue weighted by molar-refractivity contribution is 0.416. The zero-order valence-corrected chi connectivity index (χ0v) is 18.4. The Kier molecular flexibility index (Phi) is 5.89. The Labute approximate surface area is 186 Å². The highest BCUT2D eigenvalue weighted by molar-refractivity contribution is 5.73. The predicted octanol–water partition coefficient (Wildman–Crippen LogP) is 2.92. The van der Waals surface area contributed by atoms with Crippen LogP contribution in [0.3, 0.4) is 0 Å². The maximum Gasteiger partial charge on any atom is 0.271 e. The van der Waals surface area contributed by atoms with Gasteiger partial charge in [-0.05, 0) is 25.0 Å². The van der Waals surface area contributed by atoms with E-state index in [0.717, 1.165) is 63.2 Å². The van der Waals surface area contributed by atoms with Crippen LogP contribution in [0.25, 0.3) is 11.2 Å². The zero-order chi connectivity index (χ0) is 21.9. The monoisotopic (exact) mass is 435 g/mol. The quantitative estimate of drug-likeness (QED) is 0.561. The lowest BCUT2D eigenvalue weighted by atomic mass is 9.87. The van der Waals surface area contributed by atoms with Crippen LogP contribution in [0.15, 0.2) is 29.2 Å². The minimum atomic E-state index is -0.146. The summed E-state index contributed by atoms with van der Waals surface area (Å²) in [6, 6.07) is 6.06. The van der Waals surface area contributed by atoms with E-state index in [1.165, 1.54) is 6.42 Å². The van der Waals surface area contributed by atoms with Crippen molar-refractivity contribution in [2.45, 2.75) is 38.0 Å². The van der Waals surface area contributed by atoms with Crippen molar-refractivity contribution in [2.24, 2.45) is 0 Å². The Hall–Kier alpha value is -3.20. The number of rotatable bonds is 5. The summed E-state index contributed by atoms with van der Waals surface area (Å²) in [5, 5.41) is 6.58. The van der Waals surface area contributed by atoms with Gasteiger partial charge in [-0.2, -0.15) is 4.98 Å². The standard InChI is InChI=1S/C23H29N7O2/c1-32-19-13-16(30-11-9-24-10-12-30)7-8-17(19)27-23-25-14-18-21(29-23)28-22(31)20(26-18)15-5-3-2-4-6-15/h7-8,13-15,24H,2-6,9-12H2,1H3,(H2,25,27,28,29,31). The zero-order valence-electron chi connectivity index (χ0n) is 18.4. The summed E-state index contributed by atoms with van der Waals surface area (Å²) >= 11 is 0. The van der Waals surface area contributed by atoms with Gasteiger partial charge in [-0.3, -0.25) is 4.79 Å². The Morgan fingerprint density at radius 3 is 2.72 bits per heavy atom. The average Bonchev–Trinajstić information content (AvgIpc) is 2.85. The molecule has 1 saturated heterocycles. The van der Waals surface area contributed by atoms with E-state index in [0.29, 0.717) is 28.6 Å². The molecule has 0 radical (unpaired) electrons. The molecule has 5 rings (SSSR count). The molecule has 0 bridgehead atoms. The first-order valence-corrected chi connectivity index (χ1v) is 11.4. The molecule has 3 heterocycles. The van der Waals surface area contributed by atoms with E-state index in [1.54, 1.807) is 13.3 Å². The SMILES string of the molecule is COc1cc(N2CCNCC2)ccc1Nc1ncc2nc(C3CCCCC3)c(=O)[nH]c2n1. The van der Waals surface area contributed by atoms with E-state index in [4.69, 9.17) is 4.74 Å². The molecule has 2 fully saturated rings. The van der Waals surface area contributed by atoms with Crippen molar-refractivity contribution in [3.05, 3.63) is 40.4 Å². The van der Waals surface area contributed by atoms with Crippen LogP contribution >= 0.6 is 0 Å². The normalized spacial score (nSPS) is 17.5. The Morgan fingerprint density at radius 2 is 1.94 bits per heavy atom. The third-order valence-corrected chi connectivity index (χ3v) is 6.38. The van der Waals surface area contributed by atoms with Gasteiger partial charge in [0.1, 0.15) is 17.0 Å². The summed E-state index contributed by atoms with van der Waals surface area (Å²) in [6.45, 7) is 3.88. The smallest absolute Gasteiger partial charge is 0.271 e. The number of nitrogens with one attached hydrogen (secondary N) is 3. The fraction of sp³-hybridized carbons (Fsp3) is 0.478. The number of piperazine rings is 1. The van der Waals surface area contributed by atoms with E-state index >= 15 is 0 Å². The maximum atomic E-state index is 12.7. The van der Waals surface area contributed by atoms with Crippen LogP contribution in [0.5, 0.6) is 5.75 Å². The van der Waals surface area contributed by atoms with Crippen molar-refractivity contribution >= 4 is 28.5 Å². The van der Waals surface area contributed by atoms with E-state index in [1.807, 2.05) is 12.1 Å². The molecule has 2 aliphatic rings. The molecular formula is C23H29N7O2. The van der Waals surface area contributed by atoms with E-state index in [2.05, 4.69) is 41.5 Å². The molecule has 0 unspecified atom stereocenters. The summed E-state index contributed by atoms with van der Waals surface area (Å²) in [7, 11) is 1.65. The fourth-order valence-electron chi connectivity index (χ4n) is 4.64. The molecule has 0 amide bonds. The number of hydrogen-bond acceptors (Lipinski definition) is 8. The van der Waals surface area contributed by atoms with Crippen LogP contribution < -0.4 is 25.8 Å². The Morgan fingerprint density at radius 1 is 1.12 bits per heavy atom. The highest BCUT2D eigenvalue weighted by Crippen LogP contribution is 2.32. The second-order valence-corrected chi connectivity index (χ2v) is 8.46. The molecule has 1 saturated carbocycles. The highest BCUT2D eigenvalue weighted by atomic mass is 16.5. The molecule has 0 spiro atoms. The lowest BCUT2D eigenvalue weighted by Crippen LogP contribution is -2.43. The summed E-state index contributed by atoms with van der Waals surface area (Å²) in [6.07, 6.45) is 7.24. The molecule has 2 aromatic heterocycles. The highest BCUT2D eigenvalue weighted by Gasteiger charge is 2.21. The molecular weight excluding hydrogens is 406 g/mol. The molecule has 168 valence electrons. The van der Waals surface area contributed by atoms with E-state index < -0.39 is 0 Å². The second-order valence-electron chi connectivity index (χ2n) is 8.46. The van der Waals surface area contributed by atoms with Crippen LogP contribution in [-0.2, 0) is 0 Å². The van der Waals surface area contributed by atoms with Gasteiger partial charge in [0.25, 0.3) is 5.56 Å². The molecule has 9 heteroatoms.